The maximum atomic E-state index is 11.3. The fraction of sp³-hybridized carbons (Fsp3) is 0.263. The van der Waals surface area contributed by atoms with Crippen LogP contribution < -0.4 is 9.47 Å². The highest BCUT2D eigenvalue weighted by molar-refractivity contribution is 5.83. The van der Waals surface area contributed by atoms with Crippen LogP contribution in [0.3, 0.4) is 0 Å². The number of nitrogens with zero attached hydrogens (tertiary/aromatic N) is 2. The molecule has 0 saturated heterocycles. The summed E-state index contributed by atoms with van der Waals surface area (Å²) in [7, 11) is 1.58. The molecule has 0 atom stereocenters. The van der Waals surface area contributed by atoms with Crippen LogP contribution in [0.1, 0.15) is 13.3 Å². The number of para-hydroxylation sites is 2. The van der Waals surface area contributed by atoms with E-state index in [0.29, 0.717) is 23.9 Å². The molecule has 0 aliphatic heterocycles. The van der Waals surface area contributed by atoms with E-state index in [4.69, 9.17) is 9.47 Å². The fourth-order valence-electron chi connectivity index (χ4n) is 2.73. The Balaban J connectivity index is 2.10. The van der Waals surface area contributed by atoms with Crippen LogP contribution in [0.15, 0.2) is 42.5 Å². The number of hydrogen-bond donors (Lipinski definition) is 1. The highest BCUT2D eigenvalue weighted by Crippen LogP contribution is 2.33. The van der Waals surface area contributed by atoms with Crippen molar-refractivity contribution in [3.63, 3.8) is 0 Å². The second-order valence-corrected chi connectivity index (χ2v) is 5.62. The van der Waals surface area contributed by atoms with Gasteiger partial charge in [0.05, 0.1) is 24.8 Å². The fourth-order valence-corrected chi connectivity index (χ4v) is 2.73. The quantitative estimate of drug-likeness (QED) is 0.711. The molecule has 0 aliphatic rings. The molecule has 0 fully saturated rings. The Labute approximate surface area is 145 Å². The third kappa shape index (κ3) is 3.42. The van der Waals surface area contributed by atoms with Crippen LogP contribution in [0, 0.1) is 0 Å². The van der Waals surface area contributed by atoms with Crippen molar-refractivity contribution >= 4 is 17.0 Å². The third-order valence-corrected chi connectivity index (χ3v) is 3.83. The summed E-state index contributed by atoms with van der Waals surface area (Å²) in [4.78, 5) is 15.9. The van der Waals surface area contributed by atoms with E-state index >= 15 is 0 Å². The number of benzene rings is 2. The van der Waals surface area contributed by atoms with Crippen LogP contribution in [-0.2, 0) is 11.3 Å². The predicted octanol–water partition coefficient (Wildman–Crippen LogP) is 3.59. The lowest BCUT2D eigenvalue weighted by atomic mass is 10.2. The Bertz CT molecular complexity index is 902. The van der Waals surface area contributed by atoms with Crippen LogP contribution in [0.5, 0.6) is 11.5 Å². The van der Waals surface area contributed by atoms with Crippen molar-refractivity contribution in [3.8, 4) is 22.9 Å². The minimum atomic E-state index is -0.917. The van der Waals surface area contributed by atoms with E-state index < -0.39 is 5.97 Å². The summed E-state index contributed by atoms with van der Waals surface area (Å²) < 4.78 is 12.8. The second kappa shape index (κ2) is 7.25. The van der Waals surface area contributed by atoms with Gasteiger partial charge in [0.25, 0.3) is 0 Å². The molecule has 1 aromatic heterocycles. The van der Waals surface area contributed by atoms with E-state index in [2.05, 4.69) is 4.98 Å². The number of aromatic nitrogens is 2. The highest BCUT2D eigenvalue weighted by Gasteiger charge is 2.16. The summed E-state index contributed by atoms with van der Waals surface area (Å²) in [6.07, 6.45) is 0.902. The van der Waals surface area contributed by atoms with E-state index in [1.165, 1.54) is 0 Å². The molecule has 2 aromatic carbocycles. The van der Waals surface area contributed by atoms with Gasteiger partial charge in [-0.3, -0.25) is 4.79 Å². The number of rotatable bonds is 7. The molecule has 3 aromatic rings. The first kappa shape index (κ1) is 16.8. The van der Waals surface area contributed by atoms with E-state index in [9.17, 15) is 9.90 Å². The Hall–Kier alpha value is -3.02. The average Bonchev–Trinajstić information content (AvgIpc) is 2.98. The van der Waals surface area contributed by atoms with Gasteiger partial charge in [-0.15, -0.1) is 0 Å². The molecule has 1 heterocycles. The van der Waals surface area contributed by atoms with Gasteiger partial charge in [0.15, 0.2) is 11.5 Å². The summed E-state index contributed by atoms with van der Waals surface area (Å²) in [5.41, 5.74) is 2.31. The molecule has 0 unspecified atom stereocenters. The average molecular weight is 340 g/mol. The number of ether oxygens (including phenoxy) is 2. The van der Waals surface area contributed by atoms with Gasteiger partial charge in [-0.1, -0.05) is 19.1 Å². The first-order valence-electron chi connectivity index (χ1n) is 8.12. The highest BCUT2D eigenvalue weighted by atomic mass is 16.5. The van der Waals surface area contributed by atoms with Crippen LogP contribution in [0.2, 0.25) is 0 Å². The van der Waals surface area contributed by atoms with E-state index in [1.54, 1.807) is 11.7 Å². The lowest BCUT2D eigenvalue weighted by Gasteiger charge is -2.12. The Morgan fingerprint density at radius 3 is 2.72 bits per heavy atom. The Morgan fingerprint density at radius 1 is 1.20 bits per heavy atom. The number of fused-ring (bicyclic) bond motifs is 1. The monoisotopic (exact) mass is 340 g/mol. The molecule has 0 radical (unpaired) electrons. The minimum Gasteiger partial charge on any atom is -0.493 e. The van der Waals surface area contributed by atoms with Gasteiger partial charge < -0.3 is 19.1 Å². The number of aliphatic carboxylic acids is 1. The smallest absolute Gasteiger partial charge is 0.323 e. The van der Waals surface area contributed by atoms with Crippen molar-refractivity contribution in [3.05, 3.63) is 42.5 Å². The van der Waals surface area contributed by atoms with Crippen LogP contribution in [-0.4, -0.2) is 34.3 Å². The standard InChI is InChI=1S/C19H20N2O4/c1-3-10-25-16-9-8-13(11-17(16)24-2)19-20-14-6-4-5-7-15(14)21(19)12-18(22)23/h4-9,11H,3,10,12H2,1-2H3,(H,22,23). The van der Waals surface area contributed by atoms with E-state index in [1.807, 2.05) is 49.4 Å². The van der Waals surface area contributed by atoms with Gasteiger partial charge in [0, 0.05) is 5.56 Å². The number of carbonyl (C=O) groups is 1. The SMILES string of the molecule is CCCOc1ccc(-c2nc3ccccc3n2CC(=O)O)cc1OC. The third-order valence-electron chi connectivity index (χ3n) is 3.83. The Morgan fingerprint density at radius 2 is 2.00 bits per heavy atom. The summed E-state index contributed by atoms with van der Waals surface area (Å²) >= 11 is 0. The zero-order valence-corrected chi connectivity index (χ0v) is 14.2. The predicted molar refractivity (Wildman–Crippen MR) is 95.1 cm³/mol. The molecule has 0 bridgehead atoms. The van der Waals surface area contributed by atoms with E-state index in [0.717, 1.165) is 23.0 Å². The lowest BCUT2D eigenvalue weighted by Crippen LogP contribution is -2.10. The van der Waals surface area contributed by atoms with Crippen molar-refractivity contribution in [1.82, 2.24) is 9.55 Å². The summed E-state index contributed by atoms with van der Waals surface area (Å²) in [5.74, 6) is 0.928. The number of carboxylic acid groups (broad SMARTS) is 1. The number of hydrogen-bond acceptors (Lipinski definition) is 4. The van der Waals surface area contributed by atoms with Gasteiger partial charge >= 0.3 is 5.97 Å². The van der Waals surface area contributed by atoms with Gasteiger partial charge in [0.2, 0.25) is 0 Å². The van der Waals surface area contributed by atoms with Crippen molar-refractivity contribution in [2.24, 2.45) is 0 Å². The molecular weight excluding hydrogens is 320 g/mol. The Kier molecular flexibility index (Phi) is 4.88. The molecule has 0 amide bonds. The molecular formula is C19H20N2O4. The summed E-state index contributed by atoms with van der Waals surface area (Å²) in [6.45, 7) is 2.48. The van der Waals surface area contributed by atoms with Crippen molar-refractivity contribution in [2.75, 3.05) is 13.7 Å². The van der Waals surface area contributed by atoms with Crippen molar-refractivity contribution < 1.29 is 19.4 Å². The topological polar surface area (TPSA) is 73.6 Å². The molecule has 1 N–H and O–H groups in total. The maximum Gasteiger partial charge on any atom is 0.323 e. The second-order valence-electron chi connectivity index (χ2n) is 5.62. The lowest BCUT2D eigenvalue weighted by molar-refractivity contribution is -0.137. The minimum absolute atomic E-state index is 0.160. The summed E-state index contributed by atoms with van der Waals surface area (Å²) in [5, 5.41) is 9.26. The van der Waals surface area contributed by atoms with Crippen LogP contribution in [0.4, 0.5) is 0 Å². The van der Waals surface area contributed by atoms with Crippen molar-refractivity contribution in [1.29, 1.82) is 0 Å². The molecule has 25 heavy (non-hydrogen) atoms. The number of carboxylic acids is 1. The zero-order chi connectivity index (χ0) is 17.8. The van der Waals surface area contributed by atoms with Crippen LogP contribution in [0.25, 0.3) is 22.4 Å². The molecule has 0 aliphatic carbocycles. The van der Waals surface area contributed by atoms with Gasteiger partial charge in [-0.05, 0) is 36.8 Å². The molecule has 0 saturated carbocycles. The molecule has 6 heteroatoms. The first-order valence-corrected chi connectivity index (χ1v) is 8.12. The zero-order valence-electron chi connectivity index (χ0n) is 14.2. The number of methoxy groups -OCH3 is 1. The first-order chi connectivity index (χ1) is 12.1. The summed E-state index contributed by atoms with van der Waals surface area (Å²) in [6, 6.07) is 13.0. The van der Waals surface area contributed by atoms with Crippen molar-refractivity contribution in [2.45, 2.75) is 19.9 Å². The normalized spacial score (nSPS) is 10.8. The van der Waals surface area contributed by atoms with E-state index in [-0.39, 0.29) is 6.54 Å². The van der Waals surface area contributed by atoms with Crippen LogP contribution >= 0.6 is 0 Å². The molecule has 6 nitrogen and oxygen atoms in total. The molecule has 0 spiro atoms. The van der Waals surface area contributed by atoms with Gasteiger partial charge in [-0.25, -0.2) is 4.98 Å². The molecule has 3 rings (SSSR count). The van der Waals surface area contributed by atoms with Gasteiger partial charge in [-0.2, -0.15) is 0 Å². The molecule has 130 valence electrons. The largest absolute Gasteiger partial charge is 0.493 e. The van der Waals surface area contributed by atoms with Gasteiger partial charge in [0.1, 0.15) is 12.4 Å². The maximum absolute atomic E-state index is 11.3. The number of imidazole rings is 1.